The molecule has 0 N–H and O–H groups in total. The van der Waals surface area contributed by atoms with E-state index in [4.69, 9.17) is 0 Å². The predicted octanol–water partition coefficient (Wildman–Crippen LogP) is 1.53. The van der Waals surface area contributed by atoms with Crippen molar-refractivity contribution in [3.05, 3.63) is 0 Å². The molecule has 7 heavy (non-hydrogen) atoms. The normalized spacial score (nSPS) is 11.1. The van der Waals surface area contributed by atoms with Gasteiger partial charge in [-0.05, 0) is 13.6 Å². The van der Waals surface area contributed by atoms with Crippen LogP contribution in [0.3, 0.4) is 0 Å². The minimum absolute atomic E-state index is 0.491. The smallest absolute Gasteiger partial charge is 0.247 e. The molecule has 4 heteroatoms. The predicted molar refractivity (Wildman–Crippen MR) is 53.5 cm³/mol. The van der Waals surface area contributed by atoms with Gasteiger partial charge in [0, 0.05) is 0 Å². The van der Waals surface area contributed by atoms with Crippen LogP contribution >= 0.6 is 43.6 Å². The Labute approximate surface area is 72.0 Å². The Balaban J connectivity index is 3.14. The zero-order valence-electron chi connectivity index (χ0n) is 4.49. The Morgan fingerprint density at radius 1 is 1.57 bits per heavy atom. The molecule has 1 nitrogen and oxygen atoms in total. The van der Waals surface area contributed by atoms with Crippen molar-refractivity contribution in [1.29, 1.82) is 0 Å². The molecule has 0 aliphatic heterocycles. The highest BCUT2D eigenvalue weighted by atomic mass is 127. The van der Waals surface area contributed by atoms with Gasteiger partial charge in [-0.25, -0.2) is 0 Å². The summed E-state index contributed by atoms with van der Waals surface area (Å²) in [5, 5.41) is 0. The average molecular weight is 341 g/mol. The SMILES string of the molecule is CCN(C)[SiH](I)I. The zero-order chi connectivity index (χ0) is 5.86. The molecular formula is C3H9I2NSi. The van der Waals surface area contributed by atoms with E-state index in [2.05, 4.69) is 62.1 Å². The summed E-state index contributed by atoms with van der Waals surface area (Å²) in [7, 11) is 2.18. The lowest BCUT2D eigenvalue weighted by molar-refractivity contribution is 0.578. The second-order valence-corrected chi connectivity index (χ2v) is 17.0. The standard InChI is InChI=1S/C3H9I2NSi/c1-3-6(2)7(4)5/h7H,3H2,1-2H3. The van der Waals surface area contributed by atoms with Crippen LogP contribution in [0.25, 0.3) is 0 Å². The van der Waals surface area contributed by atoms with Gasteiger partial charge in [-0.3, -0.25) is 0 Å². The van der Waals surface area contributed by atoms with E-state index in [1.807, 2.05) is 0 Å². The number of hydrogen-bond acceptors (Lipinski definition) is 1. The first-order valence-electron chi connectivity index (χ1n) is 2.17. The molecule has 44 valence electrons. The van der Waals surface area contributed by atoms with Crippen LogP contribution in [-0.2, 0) is 0 Å². The number of hydrogen-bond donors (Lipinski definition) is 0. The molecule has 0 rings (SSSR count). The van der Waals surface area contributed by atoms with Gasteiger partial charge in [0.1, 0.15) is 0 Å². The van der Waals surface area contributed by atoms with Crippen LogP contribution in [-0.4, -0.2) is 22.1 Å². The third-order valence-corrected chi connectivity index (χ3v) is 7.57. The van der Waals surface area contributed by atoms with Crippen LogP contribution < -0.4 is 0 Å². The Kier molecular flexibility index (Phi) is 5.56. The largest absolute Gasteiger partial charge is 0.314 e. The van der Waals surface area contributed by atoms with E-state index in [1.165, 1.54) is 6.54 Å². The van der Waals surface area contributed by atoms with Crippen LogP contribution in [0.15, 0.2) is 0 Å². The van der Waals surface area contributed by atoms with Crippen molar-refractivity contribution in [2.75, 3.05) is 13.6 Å². The van der Waals surface area contributed by atoms with Gasteiger partial charge in [-0.1, -0.05) is 50.5 Å². The minimum Gasteiger partial charge on any atom is -0.314 e. The van der Waals surface area contributed by atoms with Gasteiger partial charge in [0.25, 0.3) is 0 Å². The van der Waals surface area contributed by atoms with Crippen molar-refractivity contribution >= 4 is 47.5 Å². The Morgan fingerprint density at radius 2 is 2.00 bits per heavy atom. The highest BCUT2D eigenvalue weighted by Crippen LogP contribution is 2.06. The van der Waals surface area contributed by atoms with Crippen LogP contribution in [0, 0.1) is 0 Å². The summed E-state index contributed by atoms with van der Waals surface area (Å²) in [5.74, 6) is 0. The quantitative estimate of drug-likeness (QED) is 0.418. The molecule has 0 aliphatic carbocycles. The highest BCUT2D eigenvalue weighted by molar-refractivity contribution is 14.3. The van der Waals surface area contributed by atoms with Crippen molar-refractivity contribution in [2.45, 2.75) is 6.92 Å². The summed E-state index contributed by atoms with van der Waals surface area (Å²) in [6, 6.07) is 0. The monoisotopic (exact) mass is 341 g/mol. The molecule has 0 spiro atoms. The average Bonchev–Trinajstić information content (AvgIpc) is 1.65. The van der Waals surface area contributed by atoms with Crippen molar-refractivity contribution in [2.24, 2.45) is 0 Å². The number of nitrogens with zero attached hydrogens (tertiary/aromatic N) is 1. The zero-order valence-corrected chi connectivity index (χ0v) is 9.96. The maximum Gasteiger partial charge on any atom is 0.247 e. The van der Waals surface area contributed by atoms with Crippen molar-refractivity contribution in [3.63, 3.8) is 0 Å². The first kappa shape index (κ1) is 8.64. The van der Waals surface area contributed by atoms with Crippen LogP contribution in [0.5, 0.6) is 0 Å². The van der Waals surface area contributed by atoms with E-state index in [-0.39, 0.29) is 0 Å². The van der Waals surface area contributed by atoms with Crippen LogP contribution in [0.2, 0.25) is 0 Å². The second kappa shape index (κ2) is 4.51. The number of halogens is 2. The van der Waals surface area contributed by atoms with Gasteiger partial charge >= 0.3 is 0 Å². The molecule has 0 aromatic rings. The summed E-state index contributed by atoms with van der Waals surface area (Å²) in [6.45, 7) is 3.39. The van der Waals surface area contributed by atoms with Crippen LogP contribution in [0.4, 0.5) is 0 Å². The molecule has 0 amide bonds. The van der Waals surface area contributed by atoms with Gasteiger partial charge in [-0.2, -0.15) is 0 Å². The fraction of sp³-hybridized carbons (Fsp3) is 1.00. The molecule has 0 unspecified atom stereocenters. The number of rotatable bonds is 2. The minimum atomic E-state index is -0.491. The lowest BCUT2D eigenvalue weighted by Gasteiger charge is -2.12. The van der Waals surface area contributed by atoms with E-state index in [0.717, 1.165) is 0 Å². The van der Waals surface area contributed by atoms with Crippen molar-refractivity contribution in [1.82, 2.24) is 4.57 Å². The fourth-order valence-electron chi connectivity index (χ4n) is 0.138. The third-order valence-electron chi connectivity index (χ3n) is 0.832. The lowest BCUT2D eigenvalue weighted by atomic mass is 10.8. The van der Waals surface area contributed by atoms with Gasteiger partial charge in [0.15, 0.2) is 0 Å². The summed E-state index contributed by atoms with van der Waals surface area (Å²) in [4.78, 5) is 0. The van der Waals surface area contributed by atoms with Gasteiger partial charge < -0.3 is 4.57 Å². The molecule has 0 aromatic heterocycles. The fourth-order valence-corrected chi connectivity index (χ4v) is 2.78. The van der Waals surface area contributed by atoms with E-state index in [9.17, 15) is 0 Å². The summed E-state index contributed by atoms with van der Waals surface area (Å²) in [5.41, 5.74) is 0. The van der Waals surface area contributed by atoms with Crippen LogP contribution in [0.1, 0.15) is 6.92 Å². The Bertz CT molecular complexity index is 50.2. The van der Waals surface area contributed by atoms with E-state index < -0.39 is 3.95 Å². The molecule has 0 heterocycles. The lowest BCUT2D eigenvalue weighted by Crippen LogP contribution is -2.24. The maximum absolute atomic E-state index is 2.52. The summed E-state index contributed by atoms with van der Waals surface area (Å²) in [6.07, 6.45) is 0. The van der Waals surface area contributed by atoms with Crippen molar-refractivity contribution < 1.29 is 0 Å². The second-order valence-electron chi connectivity index (χ2n) is 1.35. The van der Waals surface area contributed by atoms with E-state index in [1.54, 1.807) is 0 Å². The maximum atomic E-state index is 2.52. The molecule has 0 radical (unpaired) electrons. The molecule has 0 atom stereocenters. The van der Waals surface area contributed by atoms with E-state index in [0.29, 0.717) is 0 Å². The molecular weight excluding hydrogens is 332 g/mol. The van der Waals surface area contributed by atoms with Gasteiger partial charge in [0.2, 0.25) is 3.95 Å². The highest BCUT2D eigenvalue weighted by Gasteiger charge is 2.03. The summed E-state index contributed by atoms with van der Waals surface area (Å²) >= 11 is 5.04. The molecule has 0 saturated carbocycles. The molecule has 0 aliphatic rings. The molecule has 0 aromatic carbocycles. The van der Waals surface area contributed by atoms with Crippen molar-refractivity contribution in [3.8, 4) is 0 Å². The first-order valence-corrected chi connectivity index (χ1v) is 11.0. The third kappa shape index (κ3) is 4.16. The Hall–Kier alpha value is 1.64. The van der Waals surface area contributed by atoms with Gasteiger partial charge in [0.05, 0.1) is 0 Å². The molecule has 0 fully saturated rings. The van der Waals surface area contributed by atoms with E-state index >= 15 is 0 Å². The molecule has 0 saturated heterocycles. The molecule has 0 bridgehead atoms. The first-order chi connectivity index (χ1) is 3.18. The topological polar surface area (TPSA) is 3.24 Å². The Morgan fingerprint density at radius 3 is 2.00 bits per heavy atom. The summed E-state index contributed by atoms with van der Waals surface area (Å²) < 4.78 is 1.91. The van der Waals surface area contributed by atoms with Gasteiger partial charge in [-0.15, -0.1) is 0 Å².